The highest BCUT2D eigenvalue weighted by Gasteiger charge is 2.21. The van der Waals surface area contributed by atoms with Crippen molar-refractivity contribution in [3.05, 3.63) is 46.1 Å². The van der Waals surface area contributed by atoms with Gasteiger partial charge in [-0.15, -0.1) is 11.3 Å². The van der Waals surface area contributed by atoms with Crippen LogP contribution in [0.5, 0.6) is 5.75 Å². The Morgan fingerprint density at radius 1 is 1.26 bits per heavy atom. The summed E-state index contributed by atoms with van der Waals surface area (Å²) >= 11 is 1.76. The first-order chi connectivity index (χ1) is 11.2. The summed E-state index contributed by atoms with van der Waals surface area (Å²) in [4.78, 5) is 11.5. The molecule has 5 nitrogen and oxygen atoms in total. The van der Waals surface area contributed by atoms with Crippen LogP contribution in [0.2, 0.25) is 0 Å². The molecule has 0 saturated heterocycles. The number of aryl methyl sites for hydroxylation is 3. The average Bonchev–Trinajstić information content (AvgIpc) is 3.09. The van der Waals surface area contributed by atoms with Crippen LogP contribution in [0.25, 0.3) is 10.2 Å². The summed E-state index contributed by atoms with van der Waals surface area (Å²) in [6.07, 6.45) is 5.02. The zero-order valence-electron chi connectivity index (χ0n) is 12.7. The number of hydrogen-bond acceptors (Lipinski definition) is 6. The van der Waals surface area contributed by atoms with Gasteiger partial charge in [-0.05, 0) is 43.9 Å². The highest BCUT2D eigenvalue weighted by atomic mass is 32.1. The quantitative estimate of drug-likeness (QED) is 0.570. The van der Waals surface area contributed by atoms with Crippen molar-refractivity contribution in [1.29, 1.82) is 0 Å². The summed E-state index contributed by atoms with van der Waals surface area (Å²) in [6, 6.07) is 7.09. The lowest BCUT2D eigenvalue weighted by Gasteiger charge is -2.05. The first kappa shape index (κ1) is 14.1. The molecule has 2 aromatic heterocycles. The highest BCUT2D eigenvalue weighted by Crippen LogP contribution is 2.39. The molecule has 1 aromatic carbocycles. The van der Waals surface area contributed by atoms with Crippen molar-refractivity contribution in [3.8, 4) is 5.75 Å². The molecule has 0 atom stereocenters. The first-order valence-corrected chi connectivity index (χ1v) is 8.40. The van der Waals surface area contributed by atoms with Crippen molar-refractivity contribution in [3.63, 3.8) is 0 Å². The predicted molar refractivity (Wildman–Crippen MR) is 93.5 cm³/mol. The number of hydrazone groups is 1. The number of aromatic hydroxyl groups is 1. The van der Waals surface area contributed by atoms with Gasteiger partial charge in [-0.25, -0.2) is 9.97 Å². The molecule has 0 radical (unpaired) electrons. The molecular formula is C17H16N4OS. The summed E-state index contributed by atoms with van der Waals surface area (Å²) in [5, 5.41) is 15.1. The molecule has 2 heterocycles. The number of nitrogens with zero attached hydrogens (tertiary/aromatic N) is 3. The monoisotopic (exact) mass is 324 g/mol. The minimum atomic E-state index is 0.207. The Kier molecular flexibility index (Phi) is 3.46. The van der Waals surface area contributed by atoms with E-state index >= 15 is 0 Å². The van der Waals surface area contributed by atoms with Gasteiger partial charge in [-0.1, -0.05) is 12.1 Å². The standard InChI is InChI=1S/C17H16N4OS/c1-10-19-16(21-18-9-11-5-2-3-7-13(11)22)15-12-6-4-8-14(12)23-17(15)20-10/h2-3,5,7,9,22H,4,6,8H2,1H3,(H,19,20,21)/b18-9+. The van der Waals surface area contributed by atoms with Crippen LogP contribution in [0.4, 0.5) is 5.82 Å². The molecule has 0 aliphatic heterocycles. The Balaban J connectivity index is 1.70. The van der Waals surface area contributed by atoms with Crippen molar-refractivity contribution in [2.24, 2.45) is 5.10 Å². The summed E-state index contributed by atoms with van der Waals surface area (Å²) in [5.41, 5.74) is 5.06. The molecule has 2 N–H and O–H groups in total. The first-order valence-electron chi connectivity index (χ1n) is 7.58. The Bertz CT molecular complexity index is 916. The third-order valence-corrected chi connectivity index (χ3v) is 5.17. The van der Waals surface area contributed by atoms with E-state index in [-0.39, 0.29) is 5.75 Å². The second-order valence-electron chi connectivity index (χ2n) is 5.59. The SMILES string of the molecule is Cc1nc(N/N=C/c2ccccc2O)c2c3c(sc2n1)CCC3. The van der Waals surface area contributed by atoms with E-state index in [4.69, 9.17) is 0 Å². The van der Waals surface area contributed by atoms with Gasteiger partial charge in [0, 0.05) is 10.4 Å². The summed E-state index contributed by atoms with van der Waals surface area (Å²) in [6.45, 7) is 1.89. The normalized spacial score (nSPS) is 13.8. The van der Waals surface area contributed by atoms with Crippen LogP contribution in [-0.4, -0.2) is 21.3 Å². The Morgan fingerprint density at radius 3 is 3.00 bits per heavy atom. The van der Waals surface area contributed by atoms with E-state index in [1.54, 1.807) is 29.7 Å². The number of anilines is 1. The van der Waals surface area contributed by atoms with Crippen molar-refractivity contribution in [1.82, 2.24) is 9.97 Å². The van der Waals surface area contributed by atoms with Gasteiger partial charge in [0.05, 0.1) is 11.6 Å². The lowest BCUT2D eigenvalue weighted by atomic mass is 10.2. The molecular weight excluding hydrogens is 308 g/mol. The van der Waals surface area contributed by atoms with Crippen LogP contribution in [-0.2, 0) is 12.8 Å². The number of benzene rings is 1. The van der Waals surface area contributed by atoms with Crippen molar-refractivity contribution in [2.75, 3.05) is 5.43 Å². The average molecular weight is 324 g/mol. The van der Waals surface area contributed by atoms with Crippen LogP contribution in [0.15, 0.2) is 29.4 Å². The minimum Gasteiger partial charge on any atom is -0.507 e. The lowest BCUT2D eigenvalue weighted by Crippen LogP contribution is -1.98. The van der Waals surface area contributed by atoms with Crippen LogP contribution in [0.1, 0.15) is 28.2 Å². The van der Waals surface area contributed by atoms with E-state index in [0.29, 0.717) is 5.56 Å². The second kappa shape index (κ2) is 5.62. The number of nitrogens with one attached hydrogen (secondary N) is 1. The van der Waals surface area contributed by atoms with Gasteiger partial charge in [-0.3, -0.25) is 5.43 Å². The maximum Gasteiger partial charge on any atom is 0.158 e. The van der Waals surface area contributed by atoms with Crippen molar-refractivity contribution in [2.45, 2.75) is 26.2 Å². The molecule has 0 unspecified atom stereocenters. The molecule has 0 amide bonds. The number of para-hydroxylation sites is 1. The Hall–Kier alpha value is -2.47. The van der Waals surface area contributed by atoms with E-state index in [0.717, 1.165) is 34.7 Å². The van der Waals surface area contributed by atoms with Crippen LogP contribution in [0, 0.1) is 6.92 Å². The van der Waals surface area contributed by atoms with E-state index in [2.05, 4.69) is 20.5 Å². The third kappa shape index (κ3) is 2.55. The maximum atomic E-state index is 9.77. The van der Waals surface area contributed by atoms with Gasteiger partial charge in [0.15, 0.2) is 5.82 Å². The molecule has 0 saturated carbocycles. The van der Waals surface area contributed by atoms with Gasteiger partial charge < -0.3 is 5.11 Å². The highest BCUT2D eigenvalue weighted by molar-refractivity contribution is 7.19. The summed E-state index contributed by atoms with van der Waals surface area (Å²) in [5.74, 6) is 1.69. The number of rotatable bonds is 3. The predicted octanol–water partition coefficient (Wildman–Crippen LogP) is 3.64. The Morgan fingerprint density at radius 2 is 2.13 bits per heavy atom. The number of fused-ring (bicyclic) bond motifs is 3. The fourth-order valence-corrected chi connectivity index (χ4v) is 4.25. The van der Waals surface area contributed by atoms with E-state index in [1.807, 2.05) is 19.1 Å². The molecule has 4 rings (SSSR count). The number of phenolic OH excluding ortho intramolecular Hbond substituents is 1. The molecule has 1 aliphatic rings. The zero-order valence-corrected chi connectivity index (χ0v) is 13.5. The summed E-state index contributed by atoms with van der Waals surface area (Å²) < 4.78 is 0. The smallest absolute Gasteiger partial charge is 0.158 e. The fraction of sp³-hybridized carbons (Fsp3) is 0.235. The fourth-order valence-electron chi connectivity index (χ4n) is 2.94. The molecule has 0 fully saturated rings. The molecule has 0 spiro atoms. The van der Waals surface area contributed by atoms with Crippen molar-refractivity contribution < 1.29 is 5.11 Å². The lowest BCUT2D eigenvalue weighted by molar-refractivity contribution is 0.474. The number of thiophene rings is 1. The van der Waals surface area contributed by atoms with E-state index in [9.17, 15) is 5.11 Å². The summed E-state index contributed by atoms with van der Waals surface area (Å²) in [7, 11) is 0. The van der Waals surface area contributed by atoms with Gasteiger partial charge >= 0.3 is 0 Å². The van der Waals surface area contributed by atoms with E-state index < -0.39 is 0 Å². The number of phenols is 1. The van der Waals surface area contributed by atoms with Gasteiger partial charge in [0.1, 0.15) is 16.4 Å². The molecule has 1 aliphatic carbocycles. The molecule has 6 heteroatoms. The van der Waals surface area contributed by atoms with Crippen LogP contribution >= 0.6 is 11.3 Å². The minimum absolute atomic E-state index is 0.207. The molecule has 23 heavy (non-hydrogen) atoms. The van der Waals surface area contributed by atoms with E-state index in [1.165, 1.54) is 16.9 Å². The number of aromatic nitrogens is 2. The van der Waals surface area contributed by atoms with Crippen molar-refractivity contribution >= 4 is 33.6 Å². The van der Waals surface area contributed by atoms with Gasteiger partial charge in [0.2, 0.25) is 0 Å². The third-order valence-electron chi connectivity index (χ3n) is 3.99. The van der Waals surface area contributed by atoms with Crippen LogP contribution < -0.4 is 5.43 Å². The molecule has 0 bridgehead atoms. The zero-order chi connectivity index (χ0) is 15.8. The molecule has 3 aromatic rings. The Labute approximate surface area is 137 Å². The van der Waals surface area contributed by atoms with Gasteiger partial charge in [0.25, 0.3) is 0 Å². The number of hydrogen-bond donors (Lipinski definition) is 2. The molecule has 116 valence electrons. The maximum absolute atomic E-state index is 9.77. The van der Waals surface area contributed by atoms with Gasteiger partial charge in [-0.2, -0.15) is 5.10 Å². The largest absolute Gasteiger partial charge is 0.507 e. The van der Waals surface area contributed by atoms with Crippen LogP contribution in [0.3, 0.4) is 0 Å². The second-order valence-corrected chi connectivity index (χ2v) is 6.67. The topological polar surface area (TPSA) is 70.4 Å².